The van der Waals surface area contributed by atoms with Gasteiger partial charge in [-0.25, -0.2) is 15.0 Å². The van der Waals surface area contributed by atoms with Gasteiger partial charge in [0.05, 0.1) is 6.61 Å². The molecule has 3 heterocycles. The summed E-state index contributed by atoms with van der Waals surface area (Å²) in [5.41, 5.74) is 1.91. The molecule has 1 saturated carbocycles. The van der Waals surface area contributed by atoms with Gasteiger partial charge in [-0.15, -0.1) is 0 Å². The molecule has 0 atom stereocenters. The summed E-state index contributed by atoms with van der Waals surface area (Å²) in [5, 5.41) is 0.542. The predicted molar refractivity (Wildman–Crippen MR) is 89.3 cm³/mol. The molecule has 6 heteroatoms. The van der Waals surface area contributed by atoms with Crippen molar-refractivity contribution in [2.75, 3.05) is 6.61 Å². The van der Waals surface area contributed by atoms with Crippen molar-refractivity contribution < 1.29 is 9.47 Å². The number of fused-ring (bicyclic) bond motifs is 1. The molecule has 0 bridgehead atoms. The summed E-state index contributed by atoms with van der Waals surface area (Å²) in [5.74, 6) is 1.89. The first-order valence-electron chi connectivity index (χ1n) is 7.77. The fraction of sp³-hybridized carbons (Fsp3) is 0.353. The highest BCUT2D eigenvalue weighted by Crippen LogP contribution is 2.31. The Balaban J connectivity index is 1.49. The molecule has 23 heavy (non-hydrogen) atoms. The van der Waals surface area contributed by atoms with Gasteiger partial charge < -0.3 is 9.47 Å². The second-order valence-corrected chi connectivity index (χ2v) is 6.78. The molecule has 1 aliphatic rings. The molecule has 1 fully saturated rings. The zero-order valence-electron chi connectivity index (χ0n) is 12.9. The van der Waals surface area contributed by atoms with E-state index in [0.717, 1.165) is 22.5 Å². The van der Waals surface area contributed by atoms with Crippen LogP contribution in [-0.4, -0.2) is 21.6 Å². The molecule has 118 valence electrons. The first-order valence-corrected chi connectivity index (χ1v) is 8.59. The van der Waals surface area contributed by atoms with Gasteiger partial charge in [0.25, 0.3) is 5.19 Å². The van der Waals surface area contributed by atoms with Crippen molar-refractivity contribution in [1.82, 2.24) is 15.0 Å². The number of pyridine rings is 2. The number of hydrogen-bond acceptors (Lipinski definition) is 6. The number of ether oxygens (including phenoxy) is 2. The number of rotatable bonds is 5. The van der Waals surface area contributed by atoms with Gasteiger partial charge in [-0.3, -0.25) is 0 Å². The van der Waals surface area contributed by atoms with Crippen molar-refractivity contribution in [2.45, 2.75) is 26.2 Å². The van der Waals surface area contributed by atoms with Gasteiger partial charge in [0, 0.05) is 18.3 Å². The molecular formula is C17H17N3O2S. The van der Waals surface area contributed by atoms with Crippen molar-refractivity contribution in [1.29, 1.82) is 0 Å². The molecule has 1 aliphatic carbocycles. The van der Waals surface area contributed by atoms with Crippen molar-refractivity contribution in [3.63, 3.8) is 0 Å². The number of aryl methyl sites for hydroxylation is 1. The van der Waals surface area contributed by atoms with Crippen LogP contribution in [0.1, 0.15) is 24.8 Å². The molecule has 0 saturated heterocycles. The standard InChI is InChI=1S/C17H17N3O2S/c1-11-5-7-14(18-9-11)22-17-19-13-6-8-15(20-16(13)23-17)21-10-12-3-2-4-12/h5-9,12H,2-4,10H2,1H3. The summed E-state index contributed by atoms with van der Waals surface area (Å²) in [4.78, 5) is 14.0. The summed E-state index contributed by atoms with van der Waals surface area (Å²) in [6, 6.07) is 7.58. The van der Waals surface area contributed by atoms with Crippen molar-refractivity contribution >= 4 is 21.7 Å². The van der Waals surface area contributed by atoms with Crippen molar-refractivity contribution in [2.24, 2.45) is 5.92 Å². The van der Waals surface area contributed by atoms with Crippen LogP contribution in [0.5, 0.6) is 17.0 Å². The molecule has 0 N–H and O–H groups in total. The third-order valence-electron chi connectivity index (χ3n) is 3.98. The van der Waals surface area contributed by atoms with Gasteiger partial charge >= 0.3 is 0 Å². The van der Waals surface area contributed by atoms with E-state index in [0.29, 0.717) is 22.9 Å². The maximum absolute atomic E-state index is 5.77. The monoisotopic (exact) mass is 327 g/mol. The van der Waals surface area contributed by atoms with Gasteiger partial charge in [-0.05, 0) is 37.3 Å². The van der Waals surface area contributed by atoms with Crippen LogP contribution in [0.2, 0.25) is 0 Å². The van der Waals surface area contributed by atoms with Crippen LogP contribution in [0.4, 0.5) is 0 Å². The SMILES string of the molecule is Cc1ccc(Oc2nc3ccc(OCC4CCC4)nc3s2)nc1. The molecule has 0 spiro atoms. The maximum Gasteiger partial charge on any atom is 0.282 e. The Morgan fingerprint density at radius 2 is 2.00 bits per heavy atom. The lowest BCUT2D eigenvalue weighted by atomic mass is 9.86. The largest absolute Gasteiger partial charge is 0.477 e. The first kappa shape index (κ1) is 14.4. The summed E-state index contributed by atoms with van der Waals surface area (Å²) < 4.78 is 11.5. The lowest BCUT2D eigenvalue weighted by Crippen LogP contribution is -2.19. The van der Waals surface area contributed by atoms with E-state index in [1.54, 1.807) is 6.20 Å². The second kappa shape index (κ2) is 6.12. The molecule has 0 aromatic carbocycles. The van der Waals surface area contributed by atoms with Gasteiger partial charge in [0.1, 0.15) is 5.52 Å². The number of aromatic nitrogens is 3. The van der Waals surface area contributed by atoms with Crippen LogP contribution in [0.25, 0.3) is 10.3 Å². The second-order valence-electron chi connectivity index (χ2n) is 5.84. The third-order valence-corrected chi connectivity index (χ3v) is 4.82. The summed E-state index contributed by atoms with van der Waals surface area (Å²) in [6.45, 7) is 2.75. The Morgan fingerprint density at radius 1 is 1.13 bits per heavy atom. The molecule has 4 rings (SSSR count). The van der Waals surface area contributed by atoms with Gasteiger partial charge in [0.15, 0.2) is 4.83 Å². The summed E-state index contributed by atoms with van der Waals surface area (Å²) >= 11 is 1.40. The highest BCUT2D eigenvalue weighted by molar-refractivity contribution is 7.19. The minimum Gasteiger partial charge on any atom is -0.477 e. The normalized spacial score (nSPS) is 14.7. The van der Waals surface area contributed by atoms with E-state index in [2.05, 4.69) is 15.0 Å². The van der Waals surface area contributed by atoms with Crippen LogP contribution in [0, 0.1) is 12.8 Å². The van der Waals surface area contributed by atoms with E-state index in [-0.39, 0.29) is 0 Å². The first-order chi connectivity index (χ1) is 11.3. The maximum atomic E-state index is 5.77. The fourth-order valence-corrected chi connectivity index (χ4v) is 3.16. The van der Waals surface area contributed by atoms with Crippen LogP contribution in [-0.2, 0) is 0 Å². The molecule has 0 amide bonds. The molecule has 3 aromatic heterocycles. The van der Waals surface area contributed by atoms with Crippen LogP contribution < -0.4 is 9.47 Å². The minimum atomic E-state index is 0.538. The van der Waals surface area contributed by atoms with Gasteiger partial charge in [0.2, 0.25) is 11.8 Å². The average Bonchev–Trinajstić information content (AvgIpc) is 2.89. The Bertz CT molecular complexity index is 812. The Hall–Kier alpha value is -2.21. The molecular weight excluding hydrogens is 310 g/mol. The predicted octanol–water partition coefficient (Wildman–Crippen LogP) is 4.37. The average molecular weight is 327 g/mol. The summed E-state index contributed by atoms with van der Waals surface area (Å²) in [7, 11) is 0. The number of hydrogen-bond donors (Lipinski definition) is 0. The highest BCUT2D eigenvalue weighted by atomic mass is 32.1. The van der Waals surface area contributed by atoms with E-state index in [1.165, 1.54) is 30.6 Å². The number of nitrogens with zero attached hydrogens (tertiary/aromatic N) is 3. The zero-order chi connectivity index (χ0) is 15.6. The summed E-state index contributed by atoms with van der Waals surface area (Å²) in [6.07, 6.45) is 5.63. The van der Waals surface area contributed by atoms with Crippen LogP contribution in [0.15, 0.2) is 30.5 Å². The van der Waals surface area contributed by atoms with E-state index in [9.17, 15) is 0 Å². The molecule has 0 radical (unpaired) electrons. The topological polar surface area (TPSA) is 57.1 Å². The van der Waals surface area contributed by atoms with E-state index >= 15 is 0 Å². The zero-order valence-corrected chi connectivity index (χ0v) is 13.7. The Kier molecular flexibility index (Phi) is 3.83. The highest BCUT2D eigenvalue weighted by Gasteiger charge is 2.18. The molecule has 5 nitrogen and oxygen atoms in total. The quantitative estimate of drug-likeness (QED) is 0.696. The van der Waals surface area contributed by atoms with E-state index in [4.69, 9.17) is 9.47 Å². The lowest BCUT2D eigenvalue weighted by molar-refractivity contribution is 0.176. The van der Waals surface area contributed by atoms with Crippen molar-refractivity contribution in [3.05, 3.63) is 36.0 Å². The van der Waals surface area contributed by atoms with Crippen LogP contribution in [0.3, 0.4) is 0 Å². The molecule has 0 unspecified atom stereocenters. The van der Waals surface area contributed by atoms with E-state index in [1.807, 2.05) is 31.2 Å². The Labute approximate surface area is 138 Å². The molecule has 0 aliphatic heterocycles. The minimum absolute atomic E-state index is 0.538. The smallest absolute Gasteiger partial charge is 0.282 e. The third kappa shape index (κ3) is 3.27. The van der Waals surface area contributed by atoms with E-state index < -0.39 is 0 Å². The fourth-order valence-electron chi connectivity index (χ4n) is 2.37. The Morgan fingerprint density at radius 3 is 2.74 bits per heavy atom. The van der Waals surface area contributed by atoms with Gasteiger partial charge in [-0.2, -0.15) is 0 Å². The van der Waals surface area contributed by atoms with Crippen LogP contribution >= 0.6 is 11.3 Å². The lowest BCUT2D eigenvalue weighted by Gasteiger charge is -2.24. The van der Waals surface area contributed by atoms with Crippen molar-refractivity contribution in [3.8, 4) is 17.0 Å². The number of thiazole rings is 1. The van der Waals surface area contributed by atoms with Gasteiger partial charge in [-0.1, -0.05) is 23.8 Å². The molecule has 3 aromatic rings.